The third-order valence-electron chi connectivity index (χ3n) is 2.28. The second kappa shape index (κ2) is 5.75. The number of aliphatic hydroxyl groups excluding tert-OH is 1. The van der Waals surface area contributed by atoms with Crippen LogP contribution in [-0.4, -0.2) is 23.6 Å². The molecule has 0 aromatic heterocycles. The number of aliphatic hydroxyl groups is 1. The van der Waals surface area contributed by atoms with Crippen LogP contribution in [0.2, 0.25) is 0 Å². The first-order valence-corrected chi connectivity index (χ1v) is 6.93. The summed E-state index contributed by atoms with van der Waals surface area (Å²) in [7, 11) is 0. The lowest BCUT2D eigenvalue weighted by molar-refractivity contribution is 0.133. The molecule has 0 fully saturated rings. The maximum Gasteiger partial charge on any atom is 0.121 e. The molecule has 2 nitrogen and oxygen atoms in total. The minimum Gasteiger partial charge on any atom is -0.495 e. The highest BCUT2D eigenvalue weighted by Gasteiger charge is 2.15. The third-order valence-corrected chi connectivity index (χ3v) is 3.90. The van der Waals surface area contributed by atoms with Gasteiger partial charge < -0.3 is 9.84 Å². The zero-order valence-corrected chi connectivity index (χ0v) is 11.1. The summed E-state index contributed by atoms with van der Waals surface area (Å²) in [6.07, 6.45) is 2.39. The summed E-state index contributed by atoms with van der Waals surface area (Å²) in [5.74, 6) is 1.36. The van der Waals surface area contributed by atoms with Gasteiger partial charge in [0.15, 0.2) is 0 Å². The van der Waals surface area contributed by atoms with Crippen molar-refractivity contribution >= 4 is 27.7 Å². The Morgan fingerprint density at radius 1 is 1.38 bits per heavy atom. The predicted octanol–water partition coefficient (Wildman–Crippen LogP) is 3.21. The summed E-state index contributed by atoms with van der Waals surface area (Å²) in [5, 5.41) is 9.84. The van der Waals surface area contributed by atoms with Gasteiger partial charge >= 0.3 is 0 Å². The molecule has 1 aliphatic rings. The van der Waals surface area contributed by atoms with Gasteiger partial charge in [-0.3, -0.25) is 0 Å². The van der Waals surface area contributed by atoms with Crippen LogP contribution >= 0.6 is 27.7 Å². The molecule has 1 atom stereocenters. The highest BCUT2D eigenvalue weighted by molar-refractivity contribution is 9.10. The van der Waals surface area contributed by atoms with E-state index in [4.69, 9.17) is 4.74 Å². The van der Waals surface area contributed by atoms with Crippen LogP contribution in [0.1, 0.15) is 6.42 Å². The molecule has 0 amide bonds. The van der Waals surface area contributed by atoms with Gasteiger partial charge in [-0.05, 0) is 30.3 Å². The zero-order chi connectivity index (χ0) is 11.4. The maximum atomic E-state index is 9.84. The fourth-order valence-electron chi connectivity index (χ4n) is 1.46. The van der Waals surface area contributed by atoms with Crippen LogP contribution < -0.4 is 0 Å². The molecule has 1 aromatic rings. The molecule has 1 N–H and O–H groups in total. The van der Waals surface area contributed by atoms with E-state index >= 15 is 0 Å². The Morgan fingerprint density at radius 2 is 2.12 bits per heavy atom. The van der Waals surface area contributed by atoms with Gasteiger partial charge in [-0.15, -0.1) is 11.8 Å². The van der Waals surface area contributed by atoms with Crippen molar-refractivity contribution < 1.29 is 9.84 Å². The molecule has 16 heavy (non-hydrogen) atoms. The van der Waals surface area contributed by atoms with Crippen LogP contribution in [0.25, 0.3) is 0 Å². The van der Waals surface area contributed by atoms with Crippen molar-refractivity contribution in [1.82, 2.24) is 0 Å². The lowest BCUT2D eigenvalue weighted by atomic mass is 10.3. The smallest absolute Gasteiger partial charge is 0.121 e. The second-order valence-electron chi connectivity index (χ2n) is 3.52. The highest BCUT2D eigenvalue weighted by Crippen LogP contribution is 2.24. The Bertz CT molecular complexity index is 375. The first-order valence-electron chi connectivity index (χ1n) is 5.15. The number of ether oxygens (including phenoxy) is 1. The van der Waals surface area contributed by atoms with Crippen molar-refractivity contribution in [2.75, 3.05) is 12.4 Å². The number of benzene rings is 1. The largest absolute Gasteiger partial charge is 0.495 e. The molecule has 0 aliphatic carbocycles. The fraction of sp³-hybridized carbons (Fsp3) is 0.333. The Morgan fingerprint density at radius 3 is 2.75 bits per heavy atom. The molecule has 1 unspecified atom stereocenters. The van der Waals surface area contributed by atoms with Crippen LogP contribution in [0.5, 0.6) is 0 Å². The van der Waals surface area contributed by atoms with Crippen molar-refractivity contribution in [2.45, 2.75) is 17.4 Å². The van der Waals surface area contributed by atoms with Crippen molar-refractivity contribution in [1.29, 1.82) is 0 Å². The van der Waals surface area contributed by atoms with E-state index in [1.54, 1.807) is 11.8 Å². The summed E-state index contributed by atoms with van der Waals surface area (Å²) in [4.78, 5) is 1.15. The molecule has 0 saturated heterocycles. The minimum absolute atomic E-state index is 0.490. The van der Waals surface area contributed by atoms with Gasteiger partial charge in [0.2, 0.25) is 0 Å². The van der Waals surface area contributed by atoms with Crippen LogP contribution in [0.15, 0.2) is 45.5 Å². The van der Waals surface area contributed by atoms with E-state index in [0.717, 1.165) is 21.5 Å². The first kappa shape index (κ1) is 12.0. The summed E-state index contributed by atoms with van der Waals surface area (Å²) in [6.45, 7) is 0.704. The number of thioether (sulfide) groups is 1. The quantitative estimate of drug-likeness (QED) is 0.866. The molecule has 1 aliphatic heterocycles. The summed E-state index contributed by atoms with van der Waals surface area (Å²) >= 11 is 5.02. The summed E-state index contributed by atoms with van der Waals surface area (Å²) < 4.78 is 6.38. The van der Waals surface area contributed by atoms with Crippen molar-refractivity contribution in [3.8, 4) is 0 Å². The Kier molecular flexibility index (Phi) is 4.32. The highest BCUT2D eigenvalue weighted by atomic mass is 79.9. The van der Waals surface area contributed by atoms with Crippen LogP contribution in [0.3, 0.4) is 0 Å². The average Bonchev–Trinajstić information content (AvgIpc) is 2.81. The van der Waals surface area contributed by atoms with Crippen molar-refractivity contribution in [3.05, 3.63) is 40.6 Å². The predicted molar refractivity (Wildman–Crippen MR) is 69.5 cm³/mol. The zero-order valence-electron chi connectivity index (χ0n) is 8.73. The SMILES string of the molecule is OC(CSc1ccc(Br)cc1)C1=CCCO1. The lowest BCUT2D eigenvalue weighted by Crippen LogP contribution is -2.13. The molecule has 1 aromatic carbocycles. The Balaban J connectivity index is 1.84. The third kappa shape index (κ3) is 3.27. The van der Waals surface area contributed by atoms with Crippen LogP contribution in [0.4, 0.5) is 0 Å². The van der Waals surface area contributed by atoms with Gasteiger partial charge in [0, 0.05) is 21.5 Å². The standard InChI is InChI=1S/C12H13BrO2S/c13-9-3-5-10(6-4-9)16-8-11(14)12-2-1-7-15-12/h2-6,11,14H,1,7-8H2. The van der Waals surface area contributed by atoms with E-state index in [9.17, 15) is 5.11 Å². The maximum absolute atomic E-state index is 9.84. The normalized spacial score (nSPS) is 16.8. The van der Waals surface area contributed by atoms with Crippen LogP contribution in [-0.2, 0) is 4.74 Å². The summed E-state index contributed by atoms with van der Waals surface area (Å²) in [5.41, 5.74) is 0. The van der Waals surface area contributed by atoms with E-state index in [2.05, 4.69) is 15.9 Å². The van der Waals surface area contributed by atoms with Crippen molar-refractivity contribution in [3.63, 3.8) is 0 Å². The van der Waals surface area contributed by atoms with Gasteiger partial charge in [-0.2, -0.15) is 0 Å². The van der Waals surface area contributed by atoms with E-state index in [0.29, 0.717) is 12.4 Å². The topological polar surface area (TPSA) is 29.5 Å². The molecule has 0 radical (unpaired) electrons. The minimum atomic E-state index is -0.490. The molecule has 2 rings (SSSR count). The van der Waals surface area contributed by atoms with E-state index in [1.165, 1.54) is 0 Å². The monoisotopic (exact) mass is 300 g/mol. The molecule has 0 saturated carbocycles. The van der Waals surface area contributed by atoms with Crippen LogP contribution in [0, 0.1) is 0 Å². The van der Waals surface area contributed by atoms with Crippen molar-refractivity contribution in [2.24, 2.45) is 0 Å². The fourth-order valence-corrected chi connectivity index (χ4v) is 2.56. The molecular weight excluding hydrogens is 288 g/mol. The lowest BCUT2D eigenvalue weighted by Gasteiger charge is -2.11. The molecular formula is C12H13BrO2S. The Labute approximate surface area is 108 Å². The summed E-state index contributed by atoms with van der Waals surface area (Å²) in [6, 6.07) is 8.07. The van der Waals surface area contributed by atoms with Gasteiger partial charge in [-0.1, -0.05) is 15.9 Å². The molecule has 4 heteroatoms. The van der Waals surface area contributed by atoms with E-state index in [-0.39, 0.29) is 0 Å². The molecule has 0 bridgehead atoms. The molecule has 86 valence electrons. The van der Waals surface area contributed by atoms with E-state index in [1.807, 2.05) is 30.3 Å². The van der Waals surface area contributed by atoms with Gasteiger partial charge in [-0.25, -0.2) is 0 Å². The van der Waals surface area contributed by atoms with Gasteiger partial charge in [0.1, 0.15) is 11.9 Å². The molecule has 0 spiro atoms. The number of hydrogen-bond donors (Lipinski definition) is 1. The van der Waals surface area contributed by atoms with Gasteiger partial charge in [0.25, 0.3) is 0 Å². The Hall–Kier alpha value is -0.450. The first-order chi connectivity index (χ1) is 7.75. The number of hydrogen-bond acceptors (Lipinski definition) is 3. The number of rotatable bonds is 4. The average molecular weight is 301 g/mol. The molecule has 1 heterocycles. The number of halogens is 1. The second-order valence-corrected chi connectivity index (χ2v) is 5.53. The van der Waals surface area contributed by atoms with Gasteiger partial charge in [0.05, 0.1) is 6.61 Å². The van der Waals surface area contributed by atoms with E-state index < -0.39 is 6.10 Å².